The second-order valence-electron chi connectivity index (χ2n) is 5.87. The highest BCUT2D eigenvalue weighted by atomic mass is 32.1. The van der Waals surface area contributed by atoms with E-state index >= 15 is 0 Å². The summed E-state index contributed by atoms with van der Waals surface area (Å²) in [6, 6.07) is 7.99. The van der Waals surface area contributed by atoms with E-state index in [1.54, 1.807) is 11.3 Å². The zero-order valence-corrected chi connectivity index (χ0v) is 13.8. The maximum absolute atomic E-state index is 12.3. The summed E-state index contributed by atoms with van der Waals surface area (Å²) in [6.45, 7) is 6.12. The Hall–Kier alpha value is -1.72. The van der Waals surface area contributed by atoms with Crippen LogP contribution in [0.4, 0.5) is 5.69 Å². The fourth-order valence-electron chi connectivity index (χ4n) is 2.70. The Bertz CT molecular complexity index is 655. The van der Waals surface area contributed by atoms with Crippen LogP contribution in [0.1, 0.15) is 40.9 Å². The standard InChI is InChI=1S/C17H21N3OS/c1-11(2)12-5-3-4-6-13(12)19-16(21)9-17-20-14-7-8-18-10-15(14)22-17/h3-6,11,18H,7-10H2,1-2H3,(H,19,21). The van der Waals surface area contributed by atoms with Crippen LogP contribution in [0.25, 0.3) is 0 Å². The Morgan fingerprint density at radius 1 is 1.41 bits per heavy atom. The molecule has 1 aliphatic rings. The SMILES string of the molecule is CC(C)c1ccccc1NC(=O)Cc1nc2c(s1)CNCC2. The van der Waals surface area contributed by atoms with Crippen molar-refractivity contribution < 1.29 is 4.79 Å². The van der Waals surface area contributed by atoms with Crippen molar-refractivity contribution in [3.63, 3.8) is 0 Å². The van der Waals surface area contributed by atoms with Gasteiger partial charge in [0.05, 0.1) is 12.1 Å². The van der Waals surface area contributed by atoms with Gasteiger partial charge in [-0.05, 0) is 17.5 Å². The Morgan fingerprint density at radius 2 is 2.23 bits per heavy atom. The molecular weight excluding hydrogens is 294 g/mol. The van der Waals surface area contributed by atoms with Gasteiger partial charge in [-0.3, -0.25) is 4.79 Å². The van der Waals surface area contributed by atoms with Crippen LogP contribution in [-0.4, -0.2) is 17.4 Å². The molecule has 0 bridgehead atoms. The first-order valence-corrected chi connectivity index (χ1v) is 8.52. The molecule has 0 fully saturated rings. The topological polar surface area (TPSA) is 54.0 Å². The van der Waals surface area contributed by atoms with E-state index in [0.717, 1.165) is 35.9 Å². The number of hydrogen-bond donors (Lipinski definition) is 2. The molecule has 5 heteroatoms. The molecule has 0 saturated heterocycles. The summed E-state index contributed by atoms with van der Waals surface area (Å²) in [5.74, 6) is 0.391. The average molecular weight is 315 g/mol. The van der Waals surface area contributed by atoms with Crippen molar-refractivity contribution >= 4 is 22.9 Å². The lowest BCUT2D eigenvalue weighted by atomic mass is 10.0. The number of aromatic nitrogens is 1. The Morgan fingerprint density at radius 3 is 3.00 bits per heavy atom. The predicted molar refractivity (Wildman–Crippen MR) is 90.4 cm³/mol. The van der Waals surface area contributed by atoms with Gasteiger partial charge in [-0.2, -0.15) is 0 Å². The Kier molecular flexibility index (Phi) is 4.55. The molecule has 1 aromatic heterocycles. The zero-order chi connectivity index (χ0) is 15.5. The van der Waals surface area contributed by atoms with Gasteiger partial charge in [-0.1, -0.05) is 32.0 Å². The number of carbonyl (C=O) groups excluding carboxylic acids is 1. The number of hydrogen-bond acceptors (Lipinski definition) is 4. The van der Waals surface area contributed by atoms with Gasteiger partial charge in [0.15, 0.2) is 0 Å². The van der Waals surface area contributed by atoms with Gasteiger partial charge in [-0.25, -0.2) is 4.98 Å². The van der Waals surface area contributed by atoms with E-state index in [0.29, 0.717) is 12.3 Å². The van der Waals surface area contributed by atoms with Crippen LogP contribution in [0, 0.1) is 0 Å². The van der Waals surface area contributed by atoms with Crippen LogP contribution in [0.3, 0.4) is 0 Å². The molecule has 0 spiro atoms. The van der Waals surface area contributed by atoms with E-state index in [4.69, 9.17) is 0 Å². The van der Waals surface area contributed by atoms with Crippen molar-refractivity contribution in [3.8, 4) is 0 Å². The summed E-state index contributed by atoms with van der Waals surface area (Å²) in [7, 11) is 0. The van der Waals surface area contributed by atoms with Gasteiger partial charge in [0.25, 0.3) is 0 Å². The lowest BCUT2D eigenvalue weighted by Gasteiger charge is -2.13. The number of nitrogens with one attached hydrogen (secondary N) is 2. The molecular formula is C17H21N3OS. The molecule has 0 aliphatic carbocycles. The summed E-state index contributed by atoms with van der Waals surface area (Å²) in [4.78, 5) is 18.2. The number of anilines is 1. The third-order valence-electron chi connectivity index (χ3n) is 3.82. The molecule has 3 rings (SSSR count). The van der Waals surface area contributed by atoms with Gasteiger partial charge >= 0.3 is 0 Å². The monoisotopic (exact) mass is 315 g/mol. The quantitative estimate of drug-likeness (QED) is 0.911. The summed E-state index contributed by atoms with van der Waals surface area (Å²) >= 11 is 1.65. The van der Waals surface area contributed by atoms with Crippen molar-refractivity contribution in [1.82, 2.24) is 10.3 Å². The van der Waals surface area contributed by atoms with Crippen LogP contribution in [0.2, 0.25) is 0 Å². The largest absolute Gasteiger partial charge is 0.325 e. The van der Waals surface area contributed by atoms with Gasteiger partial charge in [0.1, 0.15) is 5.01 Å². The van der Waals surface area contributed by atoms with E-state index in [9.17, 15) is 4.79 Å². The lowest BCUT2D eigenvalue weighted by Crippen LogP contribution is -2.22. The normalized spacial score (nSPS) is 14.0. The van der Waals surface area contributed by atoms with Crippen molar-refractivity contribution in [3.05, 3.63) is 45.4 Å². The number of para-hydroxylation sites is 1. The second-order valence-corrected chi connectivity index (χ2v) is 7.04. The first kappa shape index (κ1) is 15.2. The van der Waals surface area contributed by atoms with E-state index in [1.165, 1.54) is 10.4 Å². The van der Waals surface area contributed by atoms with Gasteiger partial charge in [0, 0.05) is 30.1 Å². The smallest absolute Gasteiger partial charge is 0.231 e. The minimum absolute atomic E-state index is 0.00663. The van der Waals surface area contributed by atoms with E-state index in [1.807, 2.05) is 18.2 Å². The molecule has 1 aromatic carbocycles. The maximum Gasteiger partial charge on any atom is 0.231 e. The Balaban J connectivity index is 1.69. The van der Waals surface area contributed by atoms with Crippen LogP contribution >= 0.6 is 11.3 Å². The van der Waals surface area contributed by atoms with E-state index in [2.05, 4.69) is 35.5 Å². The molecule has 1 amide bonds. The average Bonchev–Trinajstić information content (AvgIpc) is 2.89. The first-order valence-electron chi connectivity index (χ1n) is 7.70. The molecule has 2 heterocycles. The van der Waals surface area contributed by atoms with Gasteiger partial charge in [-0.15, -0.1) is 11.3 Å². The molecule has 4 nitrogen and oxygen atoms in total. The summed E-state index contributed by atoms with van der Waals surface area (Å²) < 4.78 is 0. The summed E-state index contributed by atoms with van der Waals surface area (Å²) in [5.41, 5.74) is 3.23. The summed E-state index contributed by atoms with van der Waals surface area (Å²) in [6.07, 6.45) is 1.31. The molecule has 0 unspecified atom stereocenters. The maximum atomic E-state index is 12.3. The van der Waals surface area contributed by atoms with E-state index < -0.39 is 0 Å². The number of carbonyl (C=O) groups is 1. The summed E-state index contributed by atoms with van der Waals surface area (Å²) in [5, 5.41) is 7.28. The molecule has 0 atom stereocenters. The van der Waals surface area contributed by atoms with Crippen LogP contribution in [-0.2, 0) is 24.2 Å². The van der Waals surface area contributed by atoms with Crippen LogP contribution in [0.15, 0.2) is 24.3 Å². The minimum atomic E-state index is 0.00663. The van der Waals surface area contributed by atoms with Crippen LogP contribution < -0.4 is 10.6 Å². The number of fused-ring (bicyclic) bond motifs is 1. The molecule has 22 heavy (non-hydrogen) atoms. The molecule has 2 aromatic rings. The molecule has 0 saturated carbocycles. The third-order valence-corrected chi connectivity index (χ3v) is 4.91. The fourth-order valence-corrected chi connectivity index (χ4v) is 3.78. The molecule has 116 valence electrons. The van der Waals surface area contributed by atoms with Crippen molar-refractivity contribution in [2.75, 3.05) is 11.9 Å². The number of amides is 1. The number of rotatable bonds is 4. The highest BCUT2D eigenvalue weighted by molar-refractivity contribution is 7.11. The zero-order valence-electron chi connectivity index (χ0n) is 13.0. The minimum Gasteiger partial charge on any atom is -0.325 e. The lowest BCUT2D eigenvalue weighted by molar-refractivity contribution is -0.115. The van der Waals surface area contributed by atoms with E-state index in [-0.39, 0.29) is 5.91 Å². The molecule has 0 radical (unpaired) electrons. The molecule has 1 aliphatic heterocycles. The number of thiazole rings is 1. The number of nitrogens with zero attached hydrogens (tertiary/aromatic N) is 1. The van der Waals surface area contributed by atoms with Crippen molar-refractivity contribution in [2.24, 2.45) is 0 Å². The second kappa shape index (κ2) is 6.58. The molecule has 2 N–H and O–H groups in total. The van der Waals surface area contributed by atoms with Crippen molar-refractivity contribution in [1.29, 1.82) is 0 Å². The number of benzene rings is 1. The fraction of sp³-hybridized carbons (Fsp3) is 0.412. The predicted octanol–water partition coefficient (Wildman–Crippen LogP) is 3.09. The van der Waals surface area contributed by atoms with Crippen molar-refractivity contribution in [2.45, 2.75) is 39.2 Å². The van der Waals surface area contributed by atoms with Gasteiger partial charge in [0.2, 0.25) is 5.91 Å². The highest BCUT2D eigenvalue weighted by Crippen LogP contribution is 2.25. The first-order chi connectivity index (χ1) is 10.6. The Labute approximate surface area is 135 Å². The van der Waals surface area contributed by atoms with Gasteiger partial charge < -0.3 is 10.6 Å². The third kappa shape index (κ3) is 3.36. The van der Waals surface area contributed by atoms with Crippen LogP contribution in [0.5, 0.6) is 0 Å². The highest BCUT2D eigenvalue weighted by Gasteiger charge is 2.17.